The normalized spacial score (nSPS) is 12.2. The molecule has 0 amide bonds. The van der Waals surface area contributed by atoms with Gasteiger partial charge in [0.25, 0.3) is 0 Å². The molecule has 0 saturated heterocycles. The van der Waals surface area contributed by atoms with Crippen molar-refractivity contribution in [3.05, 3.63) is 39.2 Å². The molecule has 0 fully saturated rings. The number of nitrogens with one attached hydrogen (secondary N) is 1. The minimum absolute atomic E-state index is 0. The highest BCUT2D eigenvalue weighted by atomic mass is 35.5. The third-order valence-electron chi connectivity index (χ3n) is 2.29. The Morgan fingerprint density at radius 2 is 2.29 bits per heavy atom. The first kappa shape index (κ1) is 14.5. The van der Waals surface area contributed by atoms with Crippen LogP contribution in [0, 0.1) is 6.92 Å². The number of rotatable bonds is 4. The summed E-state index contributed by atoms with van der Waals surface area (Å²) >= 11 is 7.35. The first-order chi connectivity index (χ1) is 7.65. The number of thiazole rings is 1. The van der Waals surface area contributed by atoms with Crippen LogP contribution in [0.5, 0.6) is 0 Å². The lowest BCUT2D eigenvalue weighted by molar-refractivity contribution is 0.459. The van der Waals surface area contributed by atoms with E-state index < -0.39 is 0 Å². The Morgan fingerprint density at radius 3 is 2.82 bits per heavy atom. The van der Waals surface area contributed by atoms with Gasteiger partial charge in [-0.3, -0.25) is 0 Å². The van der Waals surface area contributed by atoms with E-state index in [2.05, 4.69) is 22.6 Å². The van der Waals surface area contributed by atoms with Gasteiger partial charge in [0.15, 0.2) is 5.22 Å². The summed E-state index contributed by atoms with van der Waals surface area (Å²) in [7, 11) is 0. The van der Waals surface area contributed by atoms with Crippen molar-refractivity contribution in [2.45, 2.75) is 26.4 Å². The smallest absolute Gasteiger partial charge is 0.193 e. The van der Waals surface area contributed by atoms with Crippen LogP contribution in [0.4, 0.5) is 0 Å². The van der Waals surface area contributed by atoms with E-state index in [4.69, 9.17) is 16.0 Å². The zero-order chi connectivity index (χ0) is 11.5. The summed E-state index contributed by atoms with van der Waals surface area (Å²) < 4.78 is 5.26. The van der Waals surface area contributed by atoms with Gasteiger partial charge in [0.1, 0.15) is 5.76 Å². The van der Waals surface area contributed by atoms with Gasteiger partial charge >= 0.3 is 0 Å². The van der Waals surface area contributed by atoms with Crippen molar-refractivity contribution in [2.24, 2.45) is 0 Å². The van der Waals surface area contributed by atoms with Crippen LogP contribution in [0.15, 0.2) is 21.9 Å². The highest BCUT2D eigenvalue weighted by Gasteiger charge is 2.09. The van der Waals surface area contributed by atoms with Crippen molar-refractivity contribution < 1.29 is 4.42 Å². The minimum atomic E-state index is 0. The molecule has 0 aliphatic carbocycles. The van der Waals surface area contributed by atoms with Crippen LogP contribution in [0.25, 0.3) is 0 Å². The Bertz CT molecular complexity index is 469. The summed E-state index contributed by atoms with van der Waals surface area (Å²) in [6.45, 7) is 4.75. The maximum absolute atomic E-state index is 5.69. The molecule has 1 unspecified atom stereocenters. The summed E-state index contributed by atoms with van der Waals surface area (Å²) in [6, 6.07) is 3.83. The number of nitrogens with zero attached hydrogens (tertiary/aromatic N) is 1. The molecule has 3 nitrogen and oxygen atoms in total. The molecule has 2 rings (SSSR count). The van der Waals surface area contributed by atoms with Crippen LogP contribution in [0.1, 0.15) is 29.4 Å². The highest BCUT2D eigenvalue weighted by molar-refractivity contribution is 7.09. The average Bonchev–Trinajstić information content (AvgIpc) is 2.84. The van der Waals surface area contributed by atoms with Crippen LogP contribution in [0.3, 0.4) is 0 Å². The zero-order valence-corrected chi connectivity index (χ0v) is 12.0. The van der Waals surface area contributed by atoms with Crippen molar-refractivity contribution in [3.8, 4) is 0 Å². The van der Waals surface area contributed by atoms with Crippen LogP contribution >= 0.6 is 35.3 Å². The molecule has 0 spiro atoms. The van der Waals surface area contributed by atoms with Gasteiger partial charge in [-0.2, -0.15) is 0 Å². The van der Waals surface area contributed by atoms with Gasteiger partial charge in [0, 0.05) is 11.4 Å². The summed E-state index contributed by atoms with van der Waals surface area (Å²) in [5.41, 5.74) is 1.07. The Morgan fingerprint density at radius 1 is 1.53 bits per heavy atom. The number of halogens is 2. The number of aryl methyl sites for hydroxylation is 1. The van der Waals surface area contributed by atoms with E-state index in [0.717, 1.165) is 16.5 Å². The molecular weight excluding hydrogens is 279 g/mol. The largest absolute Gasteiger partial charge is 0.448 e. The fourth-order valence-electron chi connectivity index (χ4n) is 1.38. The van der Waals surface area contributed by atoms with Gasteiger partial charge in [0.2, 0.25) is 0 Å². The Kier molecular flexibility index (Phi) is 5.46. The Balaban J connectivity index is 0.00000144. The third-order valence-corrected chi connectivity index (χ3v) is 3.29. The van der Waals surface area contributed by atoms with Crippen molar-refractivity contribution in [1.29, 1.82) is 0 Å². The van der Waals surface area contributed by atoms with E-state index in [9.17, 15) is 0 Å². The molecule has 6 heteroatoms. The van der Waals surface area contributed by atoms with Gasteiger partial charge in [-0.15, -0.1) is 23.7 Å². The molecule has 1 atom stereocenters. The summed E-state index contributed by atoms with van der Waals surface area (Å²) in [6.07, 6.45) is 0. The van der Waals surface area contributed by atoms with Gasteiger partial charge in [-0.25, -0.2) is 4.98 Å². The van der Waals surface area contributed by atoms with Crippen LogP contribution < -0.4 is 5.32 Å². The quantitative estimate of drug-likeness (QED) is 0.927. The Hall–Kier alpha value is -0.550. The predicted molar refractivity (Wildman–Crippen MR) is 73.1 cm³/mol. The molecule has 1 N–H and O–H groups in total. The molecule has 2 heterocycles. The number of furan rings is 1. The van der Waals surface area contributed by atoms with E-state index in [1.165, 1.54) is 0 Å². The molecule has 2 aromatic heterocycles. The second-order valence-electron chi connectivity index (χ2n) is 3.60. The van der Waals surface area contributed by atoms with Crippen LogP contribution in [0.2, 0.25) is 5.22 Å². The van der Waals surface area contributed by atoms with E-state index in [0.29, 0.717) is 11.8 Å². The zero-order valence-electron chi connectivity index (χ0n) is 9.57. The predicted octanol–water partition coefficient (Wildman–Crippen LogP) is 3.97. The summed E-state index contributed by atoms with van der Waals surface area (Å²) in [5, 5.41) is 6.92. The van der Waals surface area contributed by atoms with Crippen molar-refractivity contribution in [1.82, 2.24) is 10.3 Å². The average molecular weight is 293 g/mol. The van der Waals surface area contributed by atoms with Gasteiger partial charge < -0.3 is 9.73 Å². The van der Waals surface area contributed by atoms with E-state index in [1.54, 1.807) is 17.4 Å². The second kappa shape index (κ2) is 6.40. The summed E-state index contributed by atoms with van der Waals surface area (Å²) in [5.74, 6) is 0.837. The molecule has 0 saturated carbocycles. The maximum atomic E-state index is 5.69. The third kappa shape index (κ3) is 4.00. The van der Waals surface area contributed by atoms with Gasteiger partial charge in [-0.1, -0.05) is 0 Å². The summed E-state index contributed by atoms with van der Waals surface area (Å²) in [4.78, 5) is 4.43. The Labute approximate surface area is 116 Å². The first-order valence-corrected chi connectivity index (χ1v) is 6.30. The molecular formula is C11H14Cl2N2OS. The van der Waals surface area contributed by atoms with Gasteiger partial charge in [0.05, 0.1) is 17.2 Å². The molecule has 0 bridgehead atoms. The molecule has 0 aliphatic rings. The second-order valence-corrected chi connectivity index (χ2v) is 5.03. The fraction of sp³-hybridized carbons (Fsp3) is 0.364. The molecule has 0 aliphatic heterocycles. The highest BCUT2D eigenvalue weighted by Crippen LogP contribution is 2.17. The first-order valence-electron chi connectivity index (χ1n) is 5.05. The molecule has 17 heavy (non-hydrogen) atoms. The van der Waals surface area contributed by atoms with Gasteiger partial charge in [-0.05, 0) is 37.6 Å². The van der Waals surface area contributed by atoms with Crippen molar-refractivity contribution >= 4 is 35.3 Å². The standard InChI is InChI=1S/C11H13ClN2OS.ClH/c1-7(10-6-16-8(2)14-10)13-5-9-3-4-11(12)15-9;/h3-4,6-7,13H,5H2,1-2H3;1H. The lowest BCUT2D eigenvalue weighted by atomic mass is 10.2. The topological polar surface area (TPSA) is 38.1 Å². The molecule has 0 aromatic carbocycles. The SMILES string of the molecule is Cc1nc(C(C)NCc2ccc(Cl)o2)cs1.Cl. The minimum Gasteiger partial charge on any atom is -0.448 e. The van der Waals surface area contributed by atoms with E-state index >= 15 is 0 Å². The van der Waals surface area contributed by atoms with E-state index in [1.807, 2.05) is 13.0 Å². The van der Waals surface area contributed by atoms with E-state index in [-0.39, 0.29) is 18.4 Å². The number of hydrogen-bond donors (Lipinski definition) is 1. The lowest BCUT2D eigenvalue weighted by Gasteiger charge is -2.09. The van der Waals surface area contributed by atoms with Crippen LogP contribution in [-0.4, -0.2) is 4.98 Å². The number of aromatic nitrogens is 1. The lowest BCUT2D eigenvalue weighted by Crippen LogP contribution is -2.18. The molecule has 94 valence electrons. The monoisotopic (exact) mass is 292 g/mol. The van der Waals surface area contributed by atoms with Crippen molar-refractivity contribution in [3.63, 3.8) is 0 Å². The molecule has 2 aromatic rings. The number of hydrogen-bond acceptors (Lipinski definition) is 4. The maximum Gasteiger partial charge on any atom is 0.193 e. The fourth-order valence-corrected chi connectivity index (χ4v) is 2.25. The molecule has 0 radical (unpaired) electrons. The van der Waals surface area contributed by atoms with Crippen molar-refractivity contribution in [2.75, 3.05) is 0 Å². The van der Waals surface area contributed by atoms with Crippen LogP contribution in [-0.2, 0) is 6.54 Å².